The highest BCUT2D eigenvalue weighted by atomic mass is 32.2. The third-order valence-corrected chi connectivity index (χ3v) is 7.90. The van der Waals surface area contributed by atoms with Crippen LogP contribution in [0, 0.1) is 24.1 Å². The summed E-state index contributed by atoms with van der Waals surface area (Å²) in [6.07, 6.45) is 0. The van der Waals surface area contributed by atoms with Crippen LogP contribution >= 0.6 is 0 Å². The molecule has 2 N–H and O–H groups in total. The number of anilines is 1. The molecule has 2 aliphatic rings. The van der Waals surface area contributed by atoms with Crippen LogP contribution in [0.1, 0.15) is 28.2 Å². The number of para-hydroxylation sites is 1. The summed E-state index contributed by atoms with van der Waals surface area (Å²) in [6, 6.07) is 22.2. The van der Waals surface area contributed by atoms with Gasteiger partial charge < -0.3 is 10.5 Å². The third-order valence-electron chi connectivity index (χ3n) is 6.02. The van der Waals surface area contributed by atoms with E-state index in [1.807, 2.05) is 37.3 Å². The number of sulfonamides is 1. The lowest BCUT2D eigenvalue weighted by molar-refractivity contribution is 0.357. The average Bonchev–Trinajstić information content (AvgIpc) is 2.82. The molecule has 2 aliphatic heterocycles. The van der Waals surface area contributed by atoms with Gasteiger partial charge in [0.1, 0.15) is 22.4 Å². The van der Waals surface area contributed by atoms with Crippen molar-refractivity contribution in [3.63, 3.8) is 0 Å². The van der Waals surface area contributed by atoms with Gasteiger partial charge in [0.15, 0.2) is 5.76 Å². The topological polar surface area (TPSA) is 96.4 Å². The zero-order valence-corrected chi connectivity index (χ0v) is 19.0. The Morgan fingerprint density at radius 2 is 1.74 bits per heavy atom. The first-order valence-electron chi connectivity index (χ1n) is 10.6. The van der Waals surface area contributed by atoms with Crippen LogP contribution in [0.15, 0.2) is 89.2 Å². The van der Waals surface area contributed by atoms with Gasteiger partial charge in [-0.1, -0.05) is 60.2 Å². The summed E-state index contributed by atoms with van der Waals surface area (Å²) >= 11 is 0. The lowest BCUT2D eigenvalue weighted by Crippen LogP contribution is -2.39. The van der Waals surface area contributed by atoms with Crippen molar-refractivity contribution in [1.29, 1.82) is 5.26 Å². The molecule has 0 aliphatic carbocycles. The van der Waals surface area contributed by atoms with E-state index in [0.29, 0.717) is 11.3 Å². The minimum Gasteiger partial charge on any atom is -0.439 e. The molecule has 0 radical (unpaired) electrons. The van der Waals surface area contributed by atoms with Gasteiger partial charge in [0.05, 0.1) is 18.2 Å². The molecule has 0 saturated carbocycles. The second-order valence-electron chi connectivity index (χ2n) is 8.15. The van der Waals surface area contributed by atoms with Gasteiger partial charge >= 0.3 is 0 Å². The van der Waals surface area contributed by atoms with Crippen LogP contribution < -0.4 is 10.0 Å². The van der Waals surface area contributed by atoms with Crippen molar-refractivity contribution in [3.8, 4) is 6.07 Å². The quantitative estimate of drug-likeness (QED) is 0.597. The van der Waals surface area contributed by atoms with E-state index in [9.17, 15) is 18.1 Å². The maximum atomic E-state index is 15.0. The van der Waals surface area contributed by atoms with Crippen molar-refractivity contribution < 1.29 is 17.5 Å². The van der Waals surface area contributed by atoms with E-state index in [1.54, 1.807) is 30.3 Å². The van der Waals surface area contributed by atoms with Crippen LogP contribution in [-0.4, -0.2) is 8.42 Å². The van der Waals surface area contributed by atoms with Crippen molar-refractivity contribution in [3.05, 3.63) is 117 Å². The molecule has 6 nitrogen and oxygen atoms in total. The second-order valence-corrected chi connectivity index (χ2v) is 9.98. The molecule has 0 amide bonds. The van der Waals surface area contributed by atoms with Gasteiger partial charge in [0.25, 0.3) is 10.0 Å². The van der Waals surface area contributed by atoms with E-state index in [0.717, 1.165) is 11.1 Å². The molecular weight excluding hydrogens is 453 g/mol. The normalized spacial score (nSPS) is 18.6. The van der Waals surface area contributed by atoms with E-state index >= 15 is 0 Å². The third kappa shape index (κ3) is 3.33. The number of rotatable bonds is 3. The van der Waals surface area contributed by atoms with Crippen LogP contribution in [0.2, 0.25) is 0 Å². The van der Waals surface area contributed by atoms with Gasteiger partial charge in [-0.25, -0.2) is 12.8 Å². The monoisotopic (exact) mass is 473 g/mol. The van der Waals surface area contributed by atoms with Gasteiger partial charge in [-0.15, -0.1) is 0 Å². The smallest absolute Gasteiger partial charge is 0.265 e. The van der Waals surface area contributed by atoms with Gasteiger partial charge in [-0.05, 0) is 30.7 Å². The molecule has 0 fully saturated rings. The van der Waals surface area contributed by atoms with E-state index < -0.39 is 21.8 Å². The molecule has 0 bridgehead atoms. The van der Waals surface area contributed by atoms with Gasteiger partial charge in [-0.3, -0.25) is 4.31 Å². The molecule has 34 heavy (non-hydrogen) atoms. The number of ether oxygens (including phenoxy) is 1. The summed E-state index contributed by atoms with van der Waals surface area (Å²) in [5.41, 5.74) is 8.70. The summed E-state index contributed by atoms with van der Waals surface area (Å²) in [5, 5.41) is 9.85. The molecular formula is C26H20FN3O3S. The molecule has 2 heterocycles. The summed E-state index contributed by atoms with van der Waals surface area (Å²) in [6.45, 7) is 2.01. The molecule has 1 unspecified atom stereocenters. The molecule has 0 aromatic heterocycles. The summed E-state index contributed by atoms with van der Waals surface area (Å²) in [7, 11) is -4.25. The Bertz CT molecular complexity index is 1520. The lowest BCUT2D eigenvalue weighted by Gasteiger charge is -2.38. The maximum Gasteiger partial charge on any atom is 0.265 e. The zero-order valence-electron chi connectivity index (χ0n) is 18.2. The fraction of sp³-hybridized carbons (Fsp3) is 0.115. The van der Waals surface area contributed by atoms with E-state index in [4.69, 9.17) is 10.5 Å². The summed E-state index contributed by atoms with van der Waals surface area (Å²) in [4.78, 5) is -0.200. The average molecular weight is 474 g/mol. The Balaban J connectivity index is 1.77. The first-order chi connectivity index (χ1) is 16.3. The van der Waals surface area contributed by atoms with Crippen molar-refractivity contribution in [2.45, 2.75) is 19.4 Å². The van der Waals surface area contributed by atoms with E-state index in [1.165, 1.54) is 22.5 Å². The van der Waals surface area contributed by atoms with E-state index in [-0.39, 0.29) is 34.2 Å². The molecule has 3 aromatic rings. The number of hydrogen-bond acceptors (Lipinski definition) is 5. The number of benzene rings is 3. The van der Waals surface area contributed by atoms with Crippen LogP contribution in [0.4, 0.5) is 10.1 Å². The number of fused-ring (bicyclic) bond motifs is 2. The number of aryl methyl sites for hydroxylation is 1. The predicted molar refractivity (Wildman–Crippen MR) is 127 cm³/mol. The number of allylic oxidation sites excluding steroid dienone is 2. The highest BCUT2D eigenvalue weighted by molar-refractivity contribution is 7.96. The predicted octanol–water partition coefficient (Wildman–Crippen LogP) is 4.66. The SMILES string of the molecule is Cc1ccc(CN2c3ccccc3C3=C(C(c4ccccc4F)C(C#N)=C(N)O3)S2(=O)=O)cc1. The van der Waals surface area contributed by atoms with Crippen molar-refractivity contribution in [2.24, 2.45) is 5.73 Å². The summed E-state index contributed by atoms with van der Waals surface area (Å²) < 4.78 is 50.3. The van der Waals surface area contributed by atoms with Crippen LogP contribution in [-0.2, 0) is 21.3 Å². The molecule has 1 atom stereocenters. The van der Waals surface area contributed by atoms with Gasteiger partial charge in [0, 0.05) is 11.1 Å². The maximum absolute atomic E-state index is 15.0. The van der Waals surface area contributed by atoms with Gasteiger partial charge in [0.2, 0.25) is 5.88 Å². The molecule has 8 heteroatoms. The Morgan fingerprint density at radius 1 is 1.06 bits per heavy atom. The number of halogens is 1. The van der Waals surface area contributed by atoms with Crippen molar-refractivity contribution >= 4 is 21.5 Å². The summed E-state index contributed by atoms with van der Waals surface area (Å²) in [5.74, 6) is -2.11. The second kappa shape index (κ2) is 8.04. The minimum absolute atomic E-state index is 0.0144. The standard InChI is InChI=1S/C26H20FN3O3S/c1-16-10-12-17(13-11-16)15-30-22-9-5-3-7-19(22)24-25(34(30,31)32)23(20(14-28)26(29)33-24)18-6-2-4-8-21(18)27/h2-13,23H,15,29H2,1H3. The Labute approximate surface area is 197 Å². The fourth-order valence-electron chi connectivity index (χ4n) is 4.36. The van der Waals surface area contributed by atoms with Crippen molar-refractivity contribution in [1.82, 2.24) is 0 Å². The zero-order chi connectivity index (χ0) is 24.0. The molecule has 170 valence electrons. The van der Waals surface area contributed by atoms with Crippen molar-refractivity contribution in [2.75, 3.05) is 4.31 Å². The molecule has 5 rings (SSSR count). The van der Waals surface area contributed by atoms with Crippen LogP contribution in [0.3, 0.4) is 0 Å². The Hall–Kier alpha value is -4.09. The number of nitrogens with zero attached hydrogens (tertiary/aromatic N) is 2. The van der Waals surface area contributed by atoms with Crippen LogP contribution in [0.25, 0.3) is 5.76 Å². The highest BCUT2D eigenvalue weighted by Crippen LogP contribution is 2.51. The molecule has 0 spiro atoms. The highest BCUT2D eigenvalue weighted by Gasteiger charge is 2.47. The number of nitriles is 1. The number of nitrogens with two attached hydrogens (primary N) is 1. The molecule has 3 aromatic carbocycles. The first-order valence-corrected chi connectivity index (χ1v) is 12.0. The van der Waals surface area contributed by atoms with Gasteiger partial charge in [-0.2, -0.15) is 5.26 Å². The Kier molecular flexibility index (Phi) is 5.14. The van der Waals surface area contributed by atoms with E-state index in [2.05, 4.69) is 0 Å². The first kappa shape index (κ1) is 21.7. The van der Waals surface area contributed by atoms with Crippen LogP contribution in [0.5, 0.6) is 0 Å². The lowest BCUT2D eigenvalue weighted by atomic mass is 9.88. The number of hydrogen-bond donors (Lipinski definition) is 1. The fourth-order valence-corrected chi connectivity index (χ4v) is 6.26. The largest absolute Gasteiger partial charge is 0.439 e. The Morgan fingerprint density at radius 3 is 2.44 bits per heavy atom. The minimum atomic E-state index is -4.25. The molecule has 0 saturated heterocycles.